The zero-order chi connectivity index (χ0) is 20.1. The minimum atomic E-state index is 0.173. The maximum absolute atomic E-state index is 12.3. The zero-order valence-corrected chi connectivity index (χ0v) is 18.2. The molecule has 1 aliphatic carbocycles. The Labute approximate surface area is 181 Å². The van der Waals surface area contributed by atoms with Gasteiger partial charge in [-0.25, -0.2) is 0 Å². The molecule has 2 aliphatic rings. The van der Waals surface area contributed by atoms with Gasteiger partial charge in [0.1, 0.15) is 5.01 Å². The molecule has 0 unspecified atom stereocenters. The van der Waals surface area contributed by atoms with E-state index < -0.39 is 0 Å². The molecule has 0 spiro atoms. The van der Waals surface area contributed by atoms with Crippen molar-refractivity contribution in [3.63, 3.8) is 0 Å². The molecule has 2 fully saturated rings. The Morgan fingerprint density at radius 2 is 1.79 bits per heavy atom. The number of hydrogen-bond acceptors (Lipinski definition) is 6. The minimum Gasteiger partial charge on any atom is -0.352 e. The van der Waals surface area contributed by atoms with Crippen molar-refractivity contribution in [1.82, 2.24) is 20.4 Å². The van der Waals surface area contributed by atoms with Crippen LogP contribution in [0.5, 0.6) is 0 Å². The Balaban J connectivity index is 1.22. The van der Waals surface area contributed by atoms with E-state index in [-0.39, 0.29) is 5.91 Å². The van der Waals surface area contributed by atoms with Gasteiger partial charge in [-0.15, -0.1) is 10.2 Å². The molecule has 1 aromatic heterocycles. The molecule has 1 saturated carbocycles. The van der Waals surface area contributed by atoms with Gasteiger partial charge in [0.2, 0.25) is 11.0 Å². The predicted octanol–water partition coefficient (Wildman–Crippen LogP) is 3.35. The summed E-state index contributed by atoms with van der Waals surface area (Å²) in [5.41, 5.74) is 1.19. The van der Waals surface area contributed by atoms with Gasteiger partial charge in [-0.3, -0.25) is 9.69 Å². The van der Waals surface area contributed by atoms with Crippen LogP contribution in [0.1, 0.15) is 42.7 Å². The molecule has 1 amide bonds. The van der Waals surface area contributed by atoms with E-state index in [9.17, 15) is 4.79 Å². The van der Waals surface area contributed by atoms with Crippen LogP contribution >= 0.6 is 22.9 Å². The molecule has 4 rings (SSSR count). The fourth-order valence-electron chi connectivity index (χ4n) is 4.04. The number of benzene rings is 1. The number of halogens is 1. The van der Waals surface area contributed by atoms with Crippen molar-refractivity contribution in [2.45, 2.75) is 44.6 Å². The number of aromatic nitrogens is 2. The molecule has 6 nitrogen and oxygen atoms in total. The normalized spacial score (nSPS) is 18.7. The molecule has 1 aromatic carbocycles. The lowest BCUT2D eigenvalue weighted by atomic mass is 9.95. The SMILES string of the molecule is O=C(CN1CCN(c2nnc(Cc3ccc(Cl)cc3)s2)CC1)NC1CCCCC1. The van der Waals surface area contributed by atoms with Crippen molar-refractivity contribution in [2.24, 2.45) is 0 Å². The molecule has 1 saturated heterocycles. The first-order valence-corrected chi connectivity index (χ1v) is 11.7. The zero-order valence-electron chi connectivity index (χ0n) is 16.6. The highest BCUT2D eigenvalue weighted by Gasteiger charge is 2.23. The average molecular weight is 434 g/mol. The Kier molecular flexibility index (Phi) is 7.00. The third kappa shape index (κ3) is 5.90. The summed E-state index contributed by atoms with van der Waals surface area (Å²) in [5, 5.41) is 14.7. The van der Waals surface area contributed by atoms with Crippen LogP contribution < -0.4 is 10.2 Å². The number of piperazine rings is 1. The van der Waals surface area contributed by atoms with Crippen LogP contribution in [-0.2, 0) is 11.2 Å². The standard InChI is InChI=1S/C21H28ClN5OS/c22-17-8-6-16(7-9-17)14-20-24-25-21(29-20)27-12-10-26(11-13-27)15-19(28)23-18-4-2-1-3-5-18/h6-9,18H,1-5,10-15H2,(H,23,28). The Bertz CT molecular complexity index is 798. The Morgan fingerprint density at radius 3 is 2.52 bits per heavy atom. The van der Waals surface area contributed by atoms with E-state index in [1.54, 1.807) is 11.3 Å². The minimum absolute atomic E-state index is 0.173. The number of hydrogen-bond donors (Lipinski definition) is 1. The molecular weight excluding hydrogens is 406 g/mol. The monoisotopic (exact) mass is 433 g/mol. The molecule has 1 aliphatic heterocycles. The first kappa shape index (κ1) is 20.6. The van der Waals surface area contributed by atoms with Crippen molar-refractivity contribution in [2.75, 3.05) is 37.6 Å². The summed E-state index contributed by atoms with van der Waals surface area (Å²) in [5.74, 6) is 0.173. The highest BCUT2D eigenvalue weighted by Crippen LogP contribution is 2.24. The van der Waals surface area contributed by atoms with Gasteiger partial charge >= 0.3 is 0 Å². The molecule has 0 radical (unpaired) electrons. The summed E-state index contributed by atoms with van der Waals surface area (Å²) in [4.78, 5) is 16.9. The van der Waals surface area contributed by atoms with Crippen LogP contribution in [0.3, 0.4) is 0 Å². The second-order valence-electron chi connectivity index (χ2n) is 7.95. The van der Waals surface area contributed by atoms with Gasteiger partial charge in [0.25, 0.3) is 0 Å². The number of nitrogens with zero attached hydrogens (tertiary/aromatic N) is 4. The van der Waals surface area contributed by atoms with Crippen molar-refractivity contribution >= 4 is 34.0 Å². The van der Waals surface area contributed by atoms with Crippen LogP contribution in [0.2, 0.25) is 5.02 Å². The number of carbonyl (C=O) groups is 1. The van der Waals surface area contributed by atoms with Gasteiger partial charge < -0.3 is 10.2 Å². The quantitative estimate of drug-likeness (QED) is 0.756. The number of amides is 1. The van der Waals surface area contributed by atoms with Gasteiger partial charge in [0.15, 0.2) is 0 Å². The summed E-state index contributed by atoms with van der Waals surface area (Å²) in [6.45, 7) is 4.02. The fourth-order valence-corrected chi connectivity index (χ4v) is 5.09. The van der Waals surface area contributed by atoms with Gasteiger partial charge in [-0.1, -0.05) is 54.3 Å². The summed E-state index contributed by atoms with van der Waals surface area (Å²) < 4.78 is 0. The molecule has 2 aromatic rings. The topological polar surface area (TPSA) is 61.4 Å². The first-order chi connectivity index (χ1) is 14.2. The largest absolute Gasteiger partial charge is 0.352 e. The lowest BCUT2D eigenvalue weighted by molar-refractivity contribution is -0.123. The van der Waals surface area contributed by atoms with Gasteiger partial charge in [-0.05, 0) is 30.5 Å². The van der Waals surface area contributed by atoms with Crippen LogP contribution in [0.15, 0.2) is 24.3 Å². The Hall–Kier alpha value is -1.70. The lowest BCUT2D eigenvalue weighted by Crippen LogP contribution is -2.50. The molecular formula is C21H28ClN5OS. The smallest absolute Gasteiger partial charge is 0.234 e. The molecule has 1 N–H and O–H groups in total. The summed E-state index contributed by atoms with van der Waals surface area (Å²) in [6, 6.07) is 8.25. The van der Waals surface area contributed by atoms with E-state index in [1.165, 1.54) is 24.8 Å². The first-order valence-electron chi connectivity index (χ1n) is 10.5. The van der Waals surface area contributed by atoms with Gasteiger partial charge in [0, 0.05) is 43.7 Å². The summed E-state index contributed by atoms with van der Waals surface area (Å²) in [7, 11) is 0. The second kappa shape index (κ2) is 9.87. The third-order valence-corrected chi connectivity index (χ3v) is 6.94. The number of rotatable bonds is 6. The van der Waals surface area contributed by atoms with Gasteiger partial charge in [0.05, 0.1) is 6.54 Å². The second-order valence-corrected chi connectivity index (χ2v) is 9.42. The van der Waals surface area contributed by atoms with Crippen molar-refractivity contribution in [3.05, 3.63) is 39.9 Å². The van der Waals surface area contributed by atoms with Gasteiger partial charge in [-0.2, -0.15) is 0 Å². The summed E-state index contributed by atoms with van der Waals surface area (Å²) in [6.07, 6.45) is 6.83. The molecule has 0 atom stereocenters. The van der Waals surface area contributed by atoms with E-state index in [0.717, 1.165) is 60.6 Å². The van der Waals surface area contributed by atoms with Crippen molar-refractivity contribution < 1.29 is 4.79 Å². The number of nitrogens with one attached hydrogen (secondary N) is 1. The van der Waals surface area contributed by atoms with E-state index in [0.29, 0.717) is 12.6 Å². The highest BCUT2D eigenvalue weighted by molar-refractivity contribution is 7.15. The van der Waals surface area contributed by atoms with E-state index in [4.69, 9.17) is 11.6 Å². The predicted molar refractivity (Wildman–Crippen MR) is 118 cm³/mol. The molecule has 2 heterocycles. The van der Waals surface area contributed by atoms with E-state index >= 15 is 0 Å². The average Bonchev–Trinajstić information content (AvgIpc) is 3.19. The summed E-state index contributed by atoms with van der Waals surface area (Å²) >= 11 is 7.60. The van der Waals surface area contributed by atoms with Crippen LogP contribution in [0, 0.1) is 0 Å². The van der Waals surface area contributed by atoms with E-state index in [2.05, 4.69) is 25.3 Å². The third-order valence-electron chi connectivity index (χ3n) is 5.71. The van der Waals surface area contributed by atoms with Crippen molar-refractivity contribution in [1.29, 1.82) is 0 Å². The number of carbonyl (C=O) groups excluding carboxylic acids is 1. The molecule has 0 bridgehead atoms. The molecule has 29 heavy (non-hydrogen) atoms. The van der Waals surface area contributed by atoms with Crippen LogP contribution in [0.4, 0.5) is 5.13 Å². The fraction of sp³-hybridized carbons (Fsp3) is 0.571. The molecule has 8 heteroatoms. The number of anilines is 1. The van der Waals surface area contributed by atoms with E-state index in [1.807, 2.05) is 24.3 Å². The maximum atomic E-state index is 12.3. The van der Waals surface area contributed by atoms with Crippen molar-refractivity contribution in [3.8, 4) is 0 Å². The Morgan fingerprint density at radius 1 is 1.07 bits per heavy atom. The maximum Gasteiger partial charge on any atom is 0.234 e. The lowest BCUT2D eigenvalue weighted by Gasteiger charge is -2.34. The molecule has 156 valence electrons. The van der Waals surface area contributed by atoms with Crippen LogP contribution in [-0.4, -0.2) is 59.8 Å². The van der Waals surface area contributed by atoms with Crippen LogP contribution in [0.25, 0.3) is 0 Å². The highest BCUT2D eigenvalue weighted by atomic mass is 35.5.